The van der Waals surface area contributed by atoms with Crippen LogP contribution in [0.4, 0.5) is 0 Å². The third kappa shape index (κ3) is 2.34. The van der Waals surface area contributed by atoms with Gasteiger partial charge in [-0.05, 0) is 17.5 Å². The van der Waals surface area contributed by atoms with Gasteiger partial charge in [-0.2, -0.15) is 10.5 Å². The Morgan fingerprint density at radius 2 is 1.86 bits per heavy atom. The van der Waals surface area contributed by atoms with Crippen LogP contribution in [0.2, 0.25) is 0 Å². The van der Waals surface area contributed by atoms with Gasteiger partial charge in [0, 0.05) is 0 Å². The molecule has 0 spiro atoms. The van der Waals surface area contributed by atoms with Crippen LogP contribution >= 0.6 is 0 Å². The Morgan fingerprint density at radius 1 is 1.21 bits per heavy atom. The lowest BCUT2D eigenvalue weighted by Gasteiger charge is -2.05. The maximum Gasteiger partial charge on any atom is 0.0842 e. The Balaban J connectivity index is 2.86. The maximum absolute atomic E-state index is 8.84. The summed E-state index contributed by atoms with van der Waals surface area (Å²) in [6.45, 7) is 2.09. The average molecular weight is 184 g/mol. The molecule has 0 bridgehead atoms. The molecule has 0 aliphatic rings. The molecule has 0 N–H and O–H groups in total. The van der Waals surface area contributed by atoms with Crippen molar-refractivity contribution in [3.63, 3.8) is 0 Å². The molecule has 1 aromatic rings. The fourth-order valence-electron chi connectivity index (χ4n) is 1.31. The van der Waals surface area contributed by atoms with Crippen LogP contribution < -0.4 is 0 Å². The van der Waals surface area contributed by atoms with E-state index in [2.05, 4.69) is 13.0 Å². The van der Waals surface area contributed by atoms with Crippen molar-refractivity contribution in [3.8, 4) is 12.1 Å². The normalized spacial score (nSPS) is 11.4. The van der Waals surface area contributed by atoms with Crippen LogP contribution in [0.5, 0.6) is 0 Å². The molecule has 1 rings (SSSR count). The van der Waals surface area contributed by atoms with E-state index in [1.54, 1.807) is 0 Å². The molecule has 1 atom stereocenters. The minimum absolute atomic E-state index is 0.266. The maximum atomic E-state index is 8.84. The molecule has 2 heteroatoms. The zero-order valence-corrected chi connectivity index (χ0v) is 8.20. The van der Waals surface area contributed by atoms with Gasteiger partial charge in [0.05, 0.1) is 24.5 Å². The highest BCUT2D eigenvalue weighted by Gasteiger charge is 2.08. The Bertz CT molecular complexity index is 365. The summed E-state index contributed by atoms with van der Waals surface area (Å²) in [4.78, 5) is 0. The van der Waals surface area contributed by atoms with Crippen LogP contribution in [-0.2, 0) is 6.42 Å². The summed E-state index contributed by atoms with van der Waals surface area (Å²) in [6, 6.07) is 12.0. The molecule has 14 heavy (non-hydrogen) atoms. The van der Waals surface area contributed by atoms with Gasteiger partial charge in [0.15, 0.2) is 0 Å². The van der Waals surface area contributed by atoms with Crippen molar-refractivity contribution in [2.45, 2.75) is 25.7 Å². The van der Waals surface area contributed by atoms with Crippen LogP contribution in [0.3, 0.4) is 0 Å². The summed E-state index contributed by atoms with van der Waals surface area (Å²) in [5.74, 6) is -0.286. The number of aryl methyl sites for hydroxylation is 1. The number of nitriles is 2. The van der Waals surface area contributed by atoms with Gasteiger partial charge < -0.3 is 0 Å². The fraction of sp³-hybridized carbons (Fsp3) is 0.333. The molecule has 70 valence electrons. The van der Waals surface area contributed by atoms with E-state index >= 15 is 0 Å². The van der Waals surface area contributed by atoms with Gasteiger partial charge >= 0.3 is 0 Å². The van der Waals surface area contributed by atoms with Crippen LogP contribution in [-0.4, -0.2) is 0 Å². The molecule has 0 radical (unpaired) electrons. The molecule has 0 aliphatic carbocycles. The molecule has 0 aromatic heterocycles. The van der Waals surface area contributed by atoms with Crippen molar-refractivity contribution >= 4 is 0 Å². The highest BCUT2D eigenvalue weighted by molar-refractivity contribution is 5.29. The summed E-state index contributed by atoms with van der Waals surface area (Å²) in [5, 5.41) is 17.4. The summed E-state index contributed by atoms with van der Waals surface area (Å²) >= 11 is 0. The Labute approximate surface area is 84.4 Å². The Hall–Kier alpha value is -1.80. The van der Waals surface area contributed by atoms with Gasteiger partial charge in [0.1, 0.15) is 0 Å². The van der Waals surface area contributed by atoms with E-state index in [4.69, 9.17) is 10.5 Å². The first kappa shape index (κ1) is 10.3. The molecule has 0 fully saturated rings. The van der Waals surface area contributed by atoms with E-state index in [9.17, 15) is 0 Å². The zero-order chi connectivity index (χ0) is 10.4. The number of nitrogens with zero attached hydrogens (tertiary/aromatic N) is 2. The van der Waals surface area contributed by atoms with Crippen molar-refractivity contribution in [1.29, 1.82) is 10.5 Å². The summed E-state index contributed by atoms with van der Waals surface area (Å²) in [5.41, 5.74) is 2.19. The van der Waals surface area contributed by atoms with E-state index in [-0.39, 0.29) is 12.3 Å². The highest BCUT2D eigenvalue weighted by atomic mass is 14.3. The van der Waals surface area contributed by atoms with Crippen LogP contribution in [0.25, 0.3) is 0 Å². The van der Waals surface area contributed by atoms with Crippen LogP contribution in [0.15, 0.2) is 24.3 Å². The number of hydrogen-bond acceptors (Lipinski definition) is 2. The smallest absolute Gasteiger partial charge is 0.0842 e. The minimum atomic E-state index is -0.286. The molecule has 0 heterocycles. The van der Waals surface area contributed by atoms with E-state index in [0.29, 0.717) is 0 Å². The highest BCUT2D eigenvalue weighted by Crippen LogP contribution is 2.18. The fourth-order valence-corrected chi connectivity index (χ4v) is 1.31. The van der Waals surface area contributed by atoms with Gasteiger partial charge in [0.25, 0.3) is 0 Å². The Kier molecular flexibility index (Phi) is 3.70. The van der Waals surface area contributed by atoms with Gasteiger partial charge in [-0.3, -0.25) is 0 Å². The minimum Gasteiger partial charge on any atom is -0.198 e. The van der Waals surface area contributed by atoms with E-state index < -0.39 is 0 Å². The summed E-state index contributed by atoms with van der Waals surface area (Å²) in [7, 11) is 0. The predicted octanol–water partition coefficient (Wildman–Crippen LogP) is 2.77. The molecule has 1 aromatic carbocycles. The molecule has 1 unspecified atom stereocenters. The third-order valence-corrected chi connectivity index (χ3v) is 2.24. The first-order valence-electron chi connectivity index (χ1n) is 4.67. The number of rotatable bonds is 3. The number of hydrogen-bond donors (Lipinski definition) is 0. The predicted molar refractivity (Wildman–Crippen MR) is 54.4 cm³/mol. The van der Waals surface area contributed by atoms with Crippen molar-refractivity contribution in [2.24, 2.45) is 0 Å². The quantitative estimate of drug-likeness (QED) is 0.725. The first-order chi connectivity index (χ1) is 6.81. The largest absolute Gasteiger partial charge is 0.198 e. The second-order valence-electron chi connectivity index (χ2n) is 3.14. The average Bonchev–Trinajstić information content (AvgIpc) is 2.26. The van der Waals surface area contributed by atoms with Gasteiger partial charge in [-0.25, -0.2) is 0 Å². The van der Waals surface area contributed by atoms with Crippen molar-refractivity contribution < 1.29 is 0 Å². The molecule has 0 aliphatic heterocycles. The lowest BCUT2D eigenvalue weighted by molar-refractivity contribution is 0.885. The van der Waals surface area contributed by atoms with Crippen LogP contribution in [0.1, 0.15) is 30.4 Å². The zero-order valence-electron chi connectivity index (χ0n) is 8.20. The number of benzene rings is 1. The molecular formula is C12H12N2. The molecule has 0 saturated carbocycles. The lowest BCUT2D eigenvalue weighted by Crippen LogP contribution is -1.94. The third-order valence-electron chi connectivity index (χ3n) is 2.24. The SMILES string of the molecule is CCc1ccc(C(C#N)CC#N)cc1. The van der Waals surface area contributed by atoms with Crippen molar-refractivity contribution in [2.75, 3.05) is 0 Å². The first-order valence-corrected chi connectivity index (χ1v) is 4.67. The molecule has 0 amide bonds. The molecule has 0 saturated heterocycles. The van der Waals surface area contributed by atoms with Gasteiger partial charge in [-0.15, -0.1) is 0 Å². The lowest BCUT2D eigenvalue weighted by atomic mass is 9.96. The van der Waals surface area contributed by atoms with E-state index in [1.165, 1.54) is 5.56 Å². The van der Waals surface area contributed by atoms with Crippen molar-refractivity contribution in [1.82, 2.24) is 0 Å². The van der Waals surface area contributed by atoms with Crippen molar-refractivity contribution in [3.05, 3.63) is 35.4 Å². The summed E-state index contributed by atoms with van der Waals surface area (Å²) < 4.78 is 0. The van der Waals surface area contributed by atoms with Crippen LogP contribution in [0, 0.1) is 22.7 Å². The molecular weight excluding hydrogens is 172 g/mol. The van der Waals surface area contributed by atoms with Gasteiger partial charge in [0.2, 0.25) is 0 Å². The monoisotopic (exact) mass is 184 g/mol. The van der Waals surface area contributed by atoms with E-state index in [1.807, 2.05) is 30.3 Å². The van der Waals surface area contributed by atoms with Gasteiger partial charge in [-0.1, -0.05) is 31.2 Å². The molecule has 2 nitrogen and oxygen atoms in total. The standard InChI is InChI=1S/C12H12N2/c1-2-10-3-5-11(6-4-10)12(9-14)7-8-13/h3-6,12H,2,7H2,1H3. The topological polar surface area (TPSA) is 47.6 Å². The summed E-state index contributed by atoms with van der Waals surface area (Å²) in [6.07, 6.45) is 1.26. The second-order valence-corrected chi connectivity index (χ2v) is 3.14. The Morgan fingerprint density at radius 3 is 2.29 bits per heavy atom. The van der Waals surface area contributed by atoms with E-state index in [0.717, 1.165) is 12.0 Å². The second kappa shape index (κ2) is 5.04.